The molecule has 2 rings (SSSR count). The number of rotatable bonds is 11. The predicted octanol–water partition coefficient (Wildman–Crippen LogP) is 1.96. The second-order valence-electron chi connectivity index (χ2n) is 7.41. The number of nitrogens with one attached hydrogen (secondary N) is 1. The van der Waals surface area contributed by atoms with Crippen LogP contribution in [-0.2, 0) is 26.0 Å². The molecule has 2 aromatic carbocycles. The fraction of sp³-hybridized carbons (Fsp3) is 0.364. The summed E-state index contributed by atoms with van der Waals surface area (Å²) in [5.41, 5.74) is 0.656. The molecule has 2 aromatic rings. The Hall–Kier alpha value is -3.47. The van der Waals surface area contributed by atoms with Gasteiger partial charge in [-0.3, -0.25) is 24.0 Å². The van der Waals surface area contributed by atoms with E-state index >= 15 is 0 Å². The van der Waals surface area contributed by atoms with E-state index in [9.17, 15) is 28.1 Å². The van der Waals surface area contributed by atoms with Gasteiger partial charge in [-0.15, -0.1) is 0 Å². The van der Waals surface area contributed by atoms with Crippen LogP contribution in [0.3, 0.4) is 0 Å². The van der Waals surface area contributed by atoms with Crippen molar-refractivity contribution in [3.05, 3.63) is 70.3 Å². The number of hydrogen-bond donors (Lipinski definition) is 1. The molecule has 0 aliphatic rings. The quantitative estimate of drug-likeness (QED) is 0.390. The summed E-state index contributed by atoms with van der Waals surface area (Å²) in [4.78, 5) is 37.7. The van der Waals surface area contributed by atoms with Crippen molar-refractivity contribution in [3.8, 4) is 0 Å². The van der Waals surface area contributed by atoms with Crippen LogP contribution >= 0.6 is 0 Å². The smallest absolute Gasteiger partial charge is 0.271 e. The summed E-state index contributed by atoms with van der Waals surface area (Å²) in [6, 6.07) is 13.7. The van der Waals surface area contributed by atoms with Crippen molar-refractivity contribution >= 4 is 33.2 Å². The monoisotopic (exact) mass is 476 g/mol. The summed E-state index contributed by atoms with van der Waals surface area (Å²) >= 11 is 0. The fourth-order valence-electron chi connectivity index (χ4n) is 3.44. The molecule has 11 heteroatoms. The average Bonchev–Trinajstić information content (AvgIpc) is 2.79. The summed E-state index contributed by atoms with van der Waals surface area (Å²) in [7, 11) is -2.48. The van der Waals surface area contributed by atoms with Crippen molar-refractivity contribution in [1.82, 2.24) is 10.2 Å². The van der Waals surface area contributed by atoms with Crippen LogP contribution in [-0.4, -0.2) is 62.5 Å². The number of nitrogens with zero attached hydrogens (tertiary/aromatic N) is 3. The number of nitro benzene ring substituents is 1. The molecular formula is C22H28N4O6S. The maximum Gasteiger partial charge on any atom is 0.271 e. The van der Waals surface area contributed by atoms with Gasteiger partial charge in [-0.25, -0.2) is 8.42 Å². The van der Waals surface area contributed by atoms with Gasteiger partial charge in [0.2, 0.25) is 21.8 Å². The van der Waals surface area contributed by atoms with Crippen LogP contribution in [0.1, 0.15) is 18.9 Å². The Morgan fingerprint density at radius 3 is 2.33 bits per heavy atom. The van der Waals surface area contributed by atoms with Gasteiger partial charge in [0.15, 0.2) is 0 Å². The first-order chi connectivity index (χ1) is 15.6. The Morgan fingerprint density at radius 1 is 1.12 bits per heavy atom. The second kappa shape index (κ2) is 11.4. The Kier molecular flexibility index (Phi) is 8.92. The number of hydrogen-bond acceptors (Lipinski definition) is 6. The van der Waals surface area contributed by atoms with Crippen molar-refractivity contribution in [2.45, 2.75) is 25.8 Å². The zero-order valence-corrected chi connectivity index (χ0v) is 19.6. The van der Waals surface area contributed by atoms with Crippen molar-refractivity contribution in [2.75, 3.05) is 30.7 Å². The number of non-ortho nitro benzene ring substituents is 1. The predicted molar refractivity (Wildman–Crippen MR) is 125 cm³/mol. The highest BCUT2D eigenvalue weighted by molar-refractivity contribution is 7.92. The highest BCUT2D eigenvalue weighted by atomic mass is 32.2. The number of likely N-dealkylation sites (N-methyl/N-ethyl adjacent to an activating group) is 1. The summed E-state index contributed by atoms with van der Waals surface area (Å²) in [6.45, 7) is 1.36. The van der Waals surface area contributed by atoms with E-state index in [-0.39, 0.29) is 23.8 Å². The van der Waals surface area contributed by atoms with Gasteiger partial charge in [0.25, 0.3) is 5.69 Å². The van der Waals surface area contributed by atoms with Gasteiger partial charge in [0.05, 0.1) is 16.9 Å². The first-order valence-corrected chi connectivity index (χ1v) is 12.2. The Labute approximate surface area is 193 Å². The van der Waals surface area contributed by atoms with Crippen LogP contribution < -0.4 is 9.62 Å². The molecule has 0 fully saturated rings. The van der Waals surface area contributed by atoms with Gasteiger partial charge in [0.1, 0.15) is 12.6 Å². The lowest BCUT2D eigenvalue weighted by Crippen LogP contribution is -2.52. The van der Waals surface area contributed by atoms with Crippen LogP contribution in [0.2, 0.25) is 0 Å². The highest BCUT2D eigenvalue weighted by Crippen LogP contribution is 2.23. The minimum atomic E-state index is -3.95. The van der Waals surface area contributed by atoms with Crippen molar-refractivity contribution in [1.29, 1.82) is 0 Å². The van der Waals surface area contributed by atoms with E-state index in [0.29, 0.717) is 12.8 Å². The molecule has 0 bridgehead atoms. The summed E-state index contributed by atoms with van der Waals surface area (Å²) < 4.78 is 25.8. The standard InChI is InChI=1S/C22H28N4O6S/c1-4-20(22(28)23-2)24(14-13-17-9-6-5-7-10-17)21(27)16-25(33(3,31)32)18-11-8-12-19(15-18)26(29)30/h5-12,15,20H,4,13-14,16H2,1-3H3,(H,23,28)/t20-/m0/s1. The molecule has 0 radical (unpaired) electrons. The topological polar surface area (TPSA) is 130 Å². The van der Waals surface area contributed by atoms with Gasteiger partial charge in [0, 0.05) is 25.7 Å². The van der Waals surface area contributed by atoms with E-state index in [4.69, 9.17) is 0 Å². The largest absolute Gasteiger partial charge is 0.357 e. The number of nitro groups is 1. The van der Waals surface area contributed by atoms with Gasteiger partial charge in [-0.05, 0) is 24.5 Å². The number of carbonyl (C=O) groups is 2. The number of amides is 2. The van der Waals surface area contributed by atoms with Crippen molar-refractivity contribution < 1.29 is 22.9 Å². The maximum absolute atomic E-state index is 13.3. The van der Waals surface area contributed by atoms with Crippen LogP contribution in [0.5, 0.6) is 0 Å². The summed E-state index contributed by atoms with van der Waals surface area (Å²) in [5, 5.41) is 13.7. The Morgan fingerprint density at radius 2 is 1.79 bits per heavy atom. The van der Waals surface area contributed by atoms with Crippen molar-refractivity contribution in [2.24, 2.45) is 0 Å². The Bertz CT molecular complexity index is 1090. The molecule has 0 unspecified atom stereocenters. The first-order valence-electron chi connectivity index (χ1n) is 10.4. The van der Waals surface area contributed by atoms with Crippen LogP contribution in [0.25, 0.3) is 0 Å². The van der Waals surface area contributed by atoms with Gasteiger partial charge in [-0.1, -0.05) is 43.3 Å². The van der Waals surface area contributed by atoms with E-state index in [1.165, 1.54) is 30.1 Å². The molecule has 0 saturated carbocycles. The van der Waals surface area contributed by atoms with Crippen LogP contribution in [0, 0.1) is 10.1 Å². The Balaban J connectivity index is 2.38. The maximum atomic E-state index is 13.3. The van der Waals surface area contributed by atoms with Gasteiger partial charge >= 0.3 is 0 Å². The molecule has 0 saturated heterocycles. The average molecular weight is 477 g/mol. The summed E-state index contributed by atoms with van der Waals surface area (Å²) in [5.74, 6) is -0.946. The molecule has 33 heavy (non-hydrogen) atoms. The van der Waals surface area contributed by atoms with Gasteiger partial charge < -0.3 is 10.2 Å². The molecule has 0 heterocycles. The first kappa shape index (κ1) is 25.8. The third kappa shape index (κ3) is 7.01. The minimum Gasteiger partial charge on any atom is -0.357 e. The number of sulfonamides is 1. The van der Waals surface area contributed by atoms with E-state index in [1.54, 1.807) is 6.92 Å². The van der Waals surface area contributed by atoms with Crippen LogP contribution in [0.4, 0.5) is 11.4 Å². The summed E-state index contributed by atoms with van der Waals surface area (Å²) in [6.07, 6.45) is 1.72. The molecule has 10 nitrogen and oxygen atoms in total. The number of carbonyl (C=O) groups excluding carboxylic acids is 2. The lowest BCUT2D eigenvalue weighted by atomic mass is 10.1. The fourth-order valence-corrected chi connectivity index (χ4v) is 4.28. The van der Waals surface area contributed by atoms with Crippen LogP contribution in [0.15, 0.2) is 54.6 Å². The van der Waals surface area contributed by atoms with Crippen molar-refractivity contribution in [3.63, 3.8) is 0 Å². The lowest BCUT2D eigenvalue weighted by Gasteiger charge is -2.32. The number of anilines is 1. The molecule has 1 N–H and O–H groups in total. The van der Waals surface area contributed by atoms with E-state index in [0.717, 1.165) is 22.2 Å². The molecule has 0 aliphatic heterocycles. The molecule has 178 valence electrons. The third-order valence-corrected chi connectivity index (χ3v) is 6.26. The highest BCUT2D eigenvalue weighted by Gasteiger charge is 2.31. The minimum absolute atomic E-state index is 0.00366. The molecule has 2 amide bonds. The lowest BCUT2D eigenvalue weighted by molar-refractivity contribution is -0.384. The second-order valence-corrected chi connectivity index (χ2v) is 9.31. The molecule has 1 atom stereocenters. The SMILES string of the molecule is CC[C@@H](C(=O)NC)N(CCc1ccccc1)C(=O)CN(c1cccc([N+](=O)[O-])c1)S(C)(=O)=O. The molecule has 0 spiro atoms. The number of benzene rings is 2. The zero-order valence-electron chi connectivity index (χ0n) is 18.8. The van der Waals surface area contributed by atoms with E-state index < -0.39 is 33.4 Å². The van der Waals surface area contributed by atoms with Gasteiger partial charge in [-0.2, -0.15) is 0 Å². The van der Waals surface area contributed by atoms with E-state index in [1.807, 2.05) is 30.3 Å². The molecule has 0 aliphatic carbocycles. The normalized spacial score (nSPS) is 12.0. The third-order valence-electron chi connectivity index (χ3n) is 5.12. The molecule has 0 aromatic heterocycles. The molecular weight excluding hydrogens is 448 g/mol. The zero-order chi connectivity index (χ0) is 24.6. The van der Waals surface area contributed by atoms with E-state index in [2.05, 4.69) is 5.32 Å².